The van der Waals surface area contributed by atoms with Gasteiger partial charge in [0.15, 0.2) is 6.29 Å². The first kappa shape index (κ1) is 12.4. The maximum Gasteiger partial charge on any atom is 0.155 e. The van der Waals surface area contributed by atoms with Gasteiger partial charge >= 0.3 is 0 Å². The quantitative estimate of drug-likeness (QED) is 0.437. The molecule has 0 aromatic heterocycles. The smallest absolute Gasteiger partial charge is 0.155 e. The Kier molecular flexibility index (Phi) is 2.66. The first-order chi connectivity index (χ1) is 9.14. The predicted octanol–water partition coefficient (Wildman–Crippen LogP) is 3.62. The van der Waals surface area contributed by atoms with Gasteiger partial charge in [0.1, 0.15) is 0 Å². The second-order valence-corrected chi connectivity index (χ2v) is 7.31. The van der Waals surface area contributed by atoms with E-state index in [0.29, 0.717) is 11.5 Å². The highest BCUT2D eigenvalue weighted by molar-refractivity contribution is 5.25. The van der Waals surface area contributed by atoms with E-state index in [1.807, 2.05) is 6.92 Å². The van der Waals surface area contributed by atoms with Gasteiger partial charge in [-0.15, -0.1) is 0 Å². The molecule has 0 aromatic rings. The molecule has 4 aliphatic carbocycles. The molecular formula is C17H26O2. The maximum absolute atomic E-state index is 6.20. The van der Waals surface area contributed by atoms with Crippen molar-refractivity contribution in [2.75, 3.05) is 6.61 Å². The zero-order chi connectivity index (χ0) is 13.2. The molecule has 0 spiro atoms. The topological polar surface area (TPSA) is 18.5 Å². The van der Waals surface area contributed by atoms with Gasteiger partial charge < -0.3 is 9.47 Å². The van der Waals surface area contributed by atoms with Crippen LogP contribution < -0.4 is 0 Å². The van der Waals surface area contributed by atoms with E-state index < -0.39 is 0 Å². The monoisotopic (exact) mass is 262 g/mol. The summed E-state index contributed by atoms with van der Waals surface area (Å²) in [6, 6.07) is 0. The van der Waals surface area contributed by atoms with E-state index in [1.54, 1.807) is 0 Å². The Morgan fingerprint density at radius 1 is 1.26 bits per heavy atom. The summed E-state index contributed by atoms with van der Waals surface area (Å²) in [7, 11) is 0. The van der Waals surface area contributed by atoms with E-state index in [2.05, 4.69) is 26.0 Å². The molecule has 4 bridgehead atoms. The molecule has 4 rings (SSSR count). The third-order valence-corrected chi connectivity index (χ3v) is 6.75. The molecule has 0 radical (unpaired) electrons. The maximum atomic E-state index is 6.20. The van der Waals surface area contributed by atoms with Gasteiger partial charge in [0.25, 0.3) is 0 Å². The number of rotatable bonds is 4. The normalized spacial score (nSPS) is 54.9. The van der Waals surface area contributed by atoms with E-state index in [4.69, 9.17) is 9.47 Å². The Morgan fingerprint density at radius 3 is 2.89 bits per heavy atom. The van der Waals surface area contributed by atoms with Crippen LogP contribution in [0, 0.1) is 35.0 Å². The fourth-order valence-corrected chi connectivity index (χ4v) is 6.11. The molecule has 8 unspecified atom stereocenters. The lowest BCUT2D eigenvalue weighted by Crippen LogP contribution is -2.43. The van der Waals surface area contributed by atoms with Gasteiger partial charge in [-0.1, -0.05) is 19.1 Å². The number of hydrogen-bond acceptors (Lipinski definition) is 2. The molecule has 0 amide bonds. The van der Waals surface area contributed by atoms with Crippen molar-refractivity contribution < 1.29 is 9.47 Å². The minimum absolute atomic E-state index is 0.0326. The van der Waals surface area contributed by atoms with Crippen molar-refractivity contribution in [3.8, 4) is 0 Å². The minimum Gasteiger partial charge on any atom is -0.353 e. The third kappa shape index (κ3) is 1.50. The van der Waals surface area contributed by atoms with Crippen molar-refractivity contribution in [3.63, 3.8) is 0 Å². The summed E-state index contributed by atoms with van der Waals surface area (Å²) in [6.07, 6.45) is 9.53. The van der Waals surface area contributed by atoms with Crippen LogP contribution in [0.5, 0.6) is 0 Å². The highest BCUT2D eigenvalue weighted by atomic mass is 16.7. The average molecular weight is 262 g/mol. The minimum atomic E-state index is -0.0326. The van der Waals surface area contributed by atoms with Crippen LogP contribution in [0.4, 0.5) is 0 Å². The van der Waals surface area contributed by atoms with Crippen molar-refractivity contribution >= 4 is 0 Å². The summed E-state index contributed by atoms with van der Waals surface area (Å²) in [4.78, 5) is 0. The van der Waals surface area contributed by atoms with Crippen LogP contribution in [0.25, 0.3) is 0 Å². The van der Waals surface area contributed by atoms with E-state index >= 15 is 0 Å². The molecule has 106 valence electrons. The summed E-state index contributed by atoms with van der Waals surface area (Å²) in [5.41, 5.74) is 0.596. The molecule has 0 aromatic carbocycles. The first-order valence-electron chi connectivity index (χ1n) is 8.10. The number of ether oxygens (including phenoxy) is 2. The zero-order valence-electron chi connectivity index (χ0n) is 12.3. The standard InChI is InChI=1S/C17H26O2/c1-4-18-10(2)19-15-9-13-8-14(15)16-11-5-6-12(7-11)17(13,16)3/h5-6,10-16H,4,7-9H2,1-3H3. The van der Waals surface area contributed by atoms with Crippen LogP contribution in [-0.2, 0) is 9.47 Å². The van der Waals surface area contributed by atoms with Crippen molar-refractivity contribution in [2.24, 2.45) is 35.0 Å². The molecule has 3 fully saturated rings. The van der Waals surface area contributed by atoms with Crippen LogP contribution in [0.3, 0.4) is 0 Å². The van der Waals surface area contributed by atoms with Crippen LogP contribution >= 0.6 is 0 Å². The molecule has 4 aliphatic rings. The highest BCUT2D eigenvalue weighted by Gasteiger charge is 2.67. The Hall–Kier alpha value is -0.340. The average Bonchev–Trinajstić information content (AvgIpc) is 3.06. The van der Waals surface area contributed by atoms with E-state index in [1.165, 1.54) is 19.3 Å². The fourth-order valence-electron chi connectivity index (χ4n) is 6.11. The van der Waals surface area contributed by atoms with Gasteiger partial charge in [-0.2, -0.15) is 0 Å². The molecule has 0 aliphatic heterocycles. The molecular weight excluding hydrogens is 236 g/mol. The fraction of sp³-hybridized carbons (Fsp3) is 0.882. The predicted molar refractivity (Wildman–Crippen MR) is 74.5 cm³/mol. The molecule has 8 atom stereocenters. The van der Waals surface area contributed by atoms with E-state index in [-0.39, 0.29) is 6.29 Å². The molecule has 0 heterocycles. The number of fused-ring (bicyclic) bond motifs is 9. The molecule has 0 N–H and O–H groups in total. The second-order valence-electron chi connectivity index (χ2n) is 7.31. The summed E-state index contributed by atoms with van der Waals surface area (Å²) >= 11 is 0. The number of allylic oxidation sites excluding steroid dienone is 2. The lowest BCUT2D eigenvalue weighted by atomic mass is 9.61. The number of hydrogen-bond donors (Lipinski definition) is 0. The van der Waals surface area contributed by atoms with Gasteiger partial charge in [-0.25, -0.2) is 0 Å². The van der Waals surface area contributed by atoms with Crippen molar-refractivity contribution in [3.05, 3.63) is 12.2 Å². The molecule has 2 nitrogen and oxygen atoms in total. The lowest BCUT2D eigenvalue weighted by Gasteiger charge is -2.45. The summed E-state index contributed by atoms with van der Waals surface area (Å²) in [6.45, 7) is 7.41. The third-order valence-electron chi connectivity index (χ3n) is 6.75. The molecule has 19 heavy (non-hydrogen) atoms. The Bertz CT molecular complexity index is 404. The molecule has 3 saturated carbocycles. The van der Waals surface area contributed by atoms with E-state index in [0.717, 1.165) is 36.2 Å². The summed E-state index contributed by atoms with van der Waals surface area (Å²) < 4.78 is 11.8. The van der Waals surface area contributed by atoms with Crippen LogP contribution in [-0.4, -0.2) is 19.0 Å². The van der Waals surface area contributed by atoms with Gasteiger partial charge in [-0.05, 0) is 68.1 Å². The van der Waals surface area contributed by atoms with Gasteiger partial charge in [0.05, 0.1) is 6.10 Å². The largest absolute Gasteiger partial charge is 0.353 e. The van der Waals surface area contributed by atoms with Crippen molar-refractivity contribution in [2.45, 2.75) is 52.4 Å². The van der Waals surface area contributed by atoms with Gasteiger partial charge in [-0.3, -0.25) is 0 Å². The van der Waals surface area contributed by atoms with Crippen LogP contribution in [0.1, 0.15) is 40.0 Å². The van der Waals surface area contributed by atoms with E-state index in [9.17, 15) is 0 Å². The Labute approximate surface area is 116 Å². The van der Waals surface area contributed by atoms with Crippen LogP contribution in [0.15, 0.2) is 12.2 Å². The van der Waals surface area contributed by atoms with Crippen LogP contribution in [0.2, 0.25) is 0 Å². The van der Waals surface area contributed by atoms with Crippen molar-refractivity contribution in [1.82, 2.24) is 0 Å². The zero-order valence-corrected chi connectivity index (χ0v) is 12.3. The lowest BCUT2D eigenvalue weighted by molar-refractivity contribution is -0.180. The Balaban J connectivity index is 1.52. The first-order valence-corrected chi connectivity index (χ1v) is 8.10. The summed E-state index contributed by atoms with van der Waals surface area (Å²) in [5, 5.41) is 0. The molecule has 0 saturated heterocycles. The summed E-state index contributed by atoms with van der Waals surface area (Å²) in [5.74, 6) is 4.28. The molecule has 2 heteroatoms. The highest BCUT2D eigenvalue weighted by Crippen LogP contribution is 2.72. The van der Waals surface area contributed by atoms with Crippen molar-refractivity contribution in [1.29, 1.82) is 0 Å². The second kappa shape index (κ2) is 4.08. The Morgan fingerprint density at radius 2 is 2.11 bits per heavy atom. The van der Waals surface area contributed by atoms with Gasteiger partial charge in [0.2, 0.25) is 0 Å². The van der Waals surface area contributed by atoms with Gasteiger partial charge in [0, 0.05) is 6.61 Å². The SMILES string of the molecule is CCOC(C)OC1CC2CC1C1C3C=CC(C3)C21C.